The lowest BCUT2D eigenvalue weighted by Gasteiger charge is -2.23. The van der Waals surface area contributed by atoms with E-state index in [1.807, 2.05) is 0 Å². The zero-order chi connectivity index (χ0) is 14.3. The van der Waals surface area contributed by atoms with E-state index in [9.17, 15) is 0 Å². The fourth-order valence-electron chi connectivity index (χ4n) is 2.28. The monoisotopic (exact) mass is 262 g/mol. The van der Waals surface area contributed by atoms with Crippen LogP contribution in [0, 0.1) is 17.2 Å². The first kappa shape index (κ1) is 15.7. The van der Waals surface area contributed by atoms with E-state index < -0.39 is 0 Å². The lowest BCUT2D eigenvalue weighted by molar-refractivity contribution is 0.234. The molecule has 0 spiro atoms. The minimum atomic E-state index is 0.591. The van der Waals surface area contributed by atoms with E-state index >= 15 is 0 Å². The lowest BCUT2D eigenvalue weighted by Crippen LogP contribution is -2.29. The number of nitriles is 1. The third kappa shape index (κ3) is 5.04. The molecule has 0 aliphatic rings. The van der Waals surface area contributed by atoms with Crippen LogP contribution in [-0.4, -0.2) is 27.8 Å². The molecule has 1 aromatic heterocycles. The normalized spacial score (nSPS) is 11.2. The predicted molar refractivity (Wildman–Crippen MR) is 77.6 cm³/mol. The van der Waals surface area contributed by atoms with Gasteiger partial charge in [-0.05, 0) is 25.3 Å². The Morgan fingerprint density at radius 1 is 1.42 bits per heavy atom. The molecule has 4 nitrogen and oxygen atoms in total. The van der Waals surface area contributed by atoms with E-state index in [2.05, 4.69) is 54.5 Å². The van der Waals surface area contributed by atoms with Crippen molar-refractivity contribution in [3.8, 4) is 6.07 Å². The maximum atomic E-state index is 8.76. The van der Waals surface area contributed by atoms with Gasteiger partial charge in [-0.1, -0.05) is 20.8 Å². The highest BCUT2D eigenvalue weighted by Crippen LogP contribution is 2.11. The molecule has 0 radical (unpaired) electrons. The Bertz CT molecular complexity index is 414. The van der Waals surface area contributed by atoms with Gasteiger partial charge in [-0.15, -0.1) is 0 Å². The second-order valence-electron chi connectivity index (χ2n) is 5.33. The molecule has 106 valence electrons. The van der Waals surface area contributed by atoms with E-state index in [4.69, 9.17) is 5.26 Å². The van der Waals surface area contributed by atoms with Crippen LogP contribution in [-0.2, 0) is 19.5 Å². The molecule has 19 heavy (non-hydrogen) atoms. The topological polar surface area (TPSA) is 44.9 Å². The second-order valence-corrected chi connectivity index (χ2v) is 5.33. The second kappa shape index (κ2) is 7.96. The van der Waals surface area contributed by atoms with Gasteiger partial charge in [0.2, 0.25) is 0 Å². The molecule has 1 rings (SSSR count). The lowest BCUT2D eigenvalue weighted by atomic mass is 10.2. The van der Waals surface area contributed by atoms with Crippen LogP contribution in [0.1, 0.15) is 45.5 Å². The summed E-state index contributed by atoms with van der Waals surface area (Å²) in [6.45, 7) is 12.3. The van der Waals surface area contributed by atoms with Crippen LogP contribution in [0.2, 0.25) is 0 Å². The zero-order valence-corrected chi connectivity index (χ0v) is 12.7. The van der Waals surface area contributed by atoms with E-state index in [1.165, 1.54) is 5.69 Å². The Hall–Kier alpha value is -1.34. The number of rotatable bonds is 8. The van der Waals surface area contributed by atoms with Crippen molar-refractivity contribution in [2.45, 2.75) is 53.6 Å². The molecule has 0 aliphatic heterocycles. The molecule has 0 saturated carbocycles. The quantitative estimate of drug-likeness (QED) is 0.723. The molecule has 0 fully saturated rings. The van der Waals surface area contributed by atoms with Crippen LogP contribution in [0.4, 0.5) is 0 Å². The summed E-state index contributed by atoms with van der Waals surface area (Å²) in [5.41, 5.74) is 2.42. The number of hydrogen-bond donors (Lipinski definition) is 0. The summed E-state index contributed by atoms with van der Waals surface area (Å²) in [5, 5.41) is 13.3. The standard InChI is InChI=1S/C15H26N4/c1-5-14-10-15(19(6-2)17-14)12-18(9-7-8-16)11-13(3)4/h10,13H,5-7,9,11-12H2,1-4H3. The van der Waals surface area contributed by atoms with Gasteiger partial charge in [0.25, 0.3) is 0 Å². The van der Waals surface area contributed by atoms with Gasteiger partial charge in [0.15, 0.2) is 0 Å². The van der Waals surface area contributed by atoms with Crippen molar-refractivity contribution in [2.75, 3.05) is 13.1 Å². The Labute approximate surface area is 117 Å². The molecule has 4 heteroatoms. The van der Waals surface area contributed by atoms with E-state index in [0.29, 0.717) is 12.3 Å². The molecule has 0 saturated heterocycles. The number of hydrogen-bond acceptors (Lipinski definition) is 3. The predicted octanol–water partition coefficient (Wildman–Crippen LogP) is 2.84. The Balaban J connectivity index is 2.76. The minimum Gasteiger partial charge on any atom is -0.296 e. The Morgan fingerprint density at radius 2 is 2.16 bits per heavy atom. The molecule has 1 heterocycles. The van der Waals surface area contributed by atoms with Gasteiger partial charge in [-0.2, -0.15) is 10.4 Å². The SMILES string of the molecule is CCc1cc(CN(CCC#N)CC(C)C)n(CC)n1. The first-order valence-corrected chi connectivity index (χ1v) is 7.25. The van der Waals surface area contributed by atoms with Crippen LogP contribution in [0.3, 0.4) is 0 Å². The van der Waals surface area contributed by atoms with Gasteiger partial charge in [0.05, 0.1) is 17.5 Å². The van der Waals surface area contributed by atoms with Crippen molar-refractivity contribution in [1.29, 1.82) is 5.26 Å². The molecular formula is C15H26N4. The molecule has 0 atom stereocenters. The average Bonchev–Trinajstić information content (AvgIpc) is 2.77. The molecule has 0 unspecified atom stereocenters. The van der Waals surface area contributed by atoms with Gasteiger partial charge in [-0.25, -0.2) is 0 Å². The first-order chi connectivity index (χ1) is 9.10. The highest BCUT2D eigenvalue weighted by atomic mass is 15.3. The van der Waals surface area contributed by atoms with Crippen LogP contribution in [0.15, 0.2) is 6.07 Å². The maximum Gasteiger partial charge on any atom is 0.0635 e. The number of nitrogens with zero attached hydrogens (tertiary/aromatic N) is 4. The smallest absolute Gasteiger partial charge is 0.0635 e. The summed E-state index contributed by atoms with van der Waals surface area (Å²) in [6, 6.07) is 4.44. The minimum absolute atomic E-state index is 0.591. The van der Waals surface area contributed by atoms with Gasteiger partial charge >= 0.3 is 0 Å². The molecule has 0 aliphatic carbocycles. The molecule has 1 aromatic rings. The Kier molecular flexibility index (Phi) is 6.58. The fourth-order valence-corrected chi connectivity index (χ4v) is 2.28. The largest absolute Gasteiger partial charge is 0.296 e. The number of aryl methyl sites for hydroxylation is 2. The van der Waals surface area contributed by atoms with Crippen molar-refractivity contribution < 1.29 is 0 Å². The third-order valence-electron chi connectivity index (χ3n) is 3.12. The van der Waals surface area contributed by atoms with Crippen LogP contribution in [0.5, 0.6) is 0 Å². The highest BCUT2D eigenvalue weighted by Gasteiger charge is 2.12. The summed E-state index contributed by atoms with van der Waals surface area (Å²) in [7, 11) is 0. The first-order valence-electron chi connectivity index (χ1n) is 7.25. The van der Waals surface area contributed by atoms with E-state index in [0.717, 1.165) is 38.3 Å². The fraction of sp³-hybridized carbons (Fsp3) is 0.733. The summed E-state index contributed by atoms with van der Waals surface area (Å²) < 4.78 is 2.08. The molecular weight excluding hydrogens is 236 g/mol. The summed E-state index contributed by atoms with van der Waals surface area (Å²) in [5.74, 6) is 0.613. The summed E-state index contributed by atoms with van der Waals surface area (Å²) >= 11 is 0. The van der Waals surface area contributed by atoms with Gasteiger partial charge in [0, 0.05) is 32.6 Å². The van der Waals surface area contributed by atoms with Crippen LogP contribution in [0.25, 0.3) is 0 Å². The van der Waals surface area contributed by atoms with Crippen molar-refractivity contribution in [1.82, 2.24) is 14.7 Å². The molecule has 0 amide bonds. The van der Waals surface area contributed by atoms with Gasteiger partial charge < -0.3 is 0 Å². The van der Waals surface area contributed by atoms with Crippen LogP contribution >= 0.6 is 0 Å². The maximum absolute atomic E-state index is 8.76. The molecule has 0 aromatic carbocycles. The summed E-state index contributed by atoms with van der Waals surface area (Å²) in [6.07, 6.45) is 1.57. The highest BCUT2D eigenvalue weighted by molar-refractivity contribution is 5.10. The zero-order valence-electron chi connectivity index (χ0n) is 12.7. The average molecular weight is 262 g/mol. The van der Waals surface area contributed by atoms with Gasteiger partial charge in [-0.3, -0.25) is 9.58 Å². The van der Waals surface area contributed by atoms with Crippen molar-refractivity contribution in [3.63, 3.8) is 0 Å². The van der Waals surface area contributed by atoms with Gasteiger partial charge in [0.1, 0.15) is 0 Å². The molecule has 0 bridgehead atoms. The van der Waals surface area contributed by atoms with Crippen molar-refractivity contribution in [3.05, 3.63) is 17.5 Å². The molecule has 0 N–H and O–H groups in total. The van der Waals surface area contributed by atoms with Crippen molar-refractivity contribution >= 4 is 0 Å². The summed E-state index contributed by atoms with van der Waals surface area (Å²) in [4.78, 5) is 2.36. The third-order valence-corrected chi connectivity index (χ3v) is 3.12. The number of aromatic nitrogens is 2. The van der Waals surface area contributed by atoms with E-state index in [-0.39, 0.29) is 0 Å². The van der Waals surface area contributed by atoms with E-state index in [1.54, 1.807) is 0 Å². The van der Waals surface area contributed by atoms with Crippen molar-refractivity contribution in [2.24, 2.45) is 5.92 Å². The van der Waals surface area contributed by atoms with Crippen LogP contribution < -0.4 is 0 Å². The Morgan fingerprint density at radius 3 is 2.68 bits per heavy atom.